The van der Waals surface area contributed by atoms with Crippen molar-refractivity contribution in [1.82, 2.24) is 5.32 Å². The Morgan fingerprint density at radius 2 is 2.18 bits per heavy atom. The summed E-state index contributed by atoms with van der Waals surface area (Å²) in [7, 11) is 3.08. The number of carbonyl (C=O) groups is 2. The van der Waals surface area contributed by atoms with Crippen molar-refractivity contribution < 1.29 is 24.2 Å². The van der Waals surface area contributed by atoms with Crippen molar-refractivity contribution in [1.29, 1.82) is 0 Å². The van der Waals surface area contributed by atoms with E-state index in [0.717, 1.165) is 11.8 Å². The summed E-state index contributed by atoms with van der Waals surface area (Å²) < 4.78 is 10.4. The predicted molar refractivity (Wildman–Crippen MR) is 83.2 cm³/mol. The molecule has 1 aromatic rings. The predicted octanol–water partition coefficient (Wildman–Crippen LogP) is 1.35. The third-order valence-electron chi connectivity index (χ3n) is 2.74. The number of amidine groups is 1. The topological polar surface area (TPSA) is 97.2 Å². The van der Waals surface area contributed by atoms with Crippen LogP contribution in [0.1, 0.15) is 5.56 Å². The third kappa shape index (κ3) is 3.79. The van der Waals surface area contributed by atoms with Crippen molar-refractivity contribution in [2.75, 3.05) is 20.8 Å². The maximum absolute atomic E-state index is 11.9. The molecular weight excluding hydrogens is 308 g/mol. The molecular formula is C14H14N2O5S. The first-order chi connectivity index (χ1) is 10.5. The number of carboxylic acid groups (broad SMARTS) is 1. The highest BCUT2D eigenvalue weighted by Gasteiger charge is 2.24. The highest BCUT2D eigenvalue weighted by molar-refractivity contribution is 8.18. The number of methoxy groups -OCH3 is 2. The lowest BCUT2D eigenvalue weighted by atomic mass is 10.1. The van der Waals surface area contributed by atoms with Crippen LogP contribution in [0, 0.1) is 0 Å². The van der Waals surface area contributed by atoms with Crippen LogP contribution >= 0.6 is 11.8 Å². The normalized spacial score (nSPS) is 17.6. The molecule has 1 saturated heterocycles. The standard InChI is InChI=1S/C14H14N2O5S/c1-20-9-4-3-8(10(6-9)21-2)5-11-13(19)16-14(22-11)15-7-12(17)18/h3-6H,7H2,1-2H3,(H,17,18)(H,15,16,19)/b11-5-. The van der Waals surface area contributed by atoms with Gasteiger partial charge < -0.3 is 19.9 Å². The Labute approximate surface area is 131 Å². The zero-order valence-electron chi connectivity index (χ0n) is 12.0. The molecule has 0 bridgehead atoms. The monoisotopic (exact) mass is 322 g/mol. The largest absolute Gasteiger partial charge is 0.497 e. The number of aliphatic carboxylic acids is 1. The Kier molecular flexibility index (Phi) is 5.05. The van der Waals surface area contributed by atoms with Gasteiger partial charge in [0.05, 0.1) is 19.1 Å². The molecule has 0 aromatic heterocycles. The number of hydrogen-bond donors (Lipinski definition) is 2. The molecule has 0 radical (unpaired) electrons. The number of amides is 1. The van der Waals surface area contributed by atoms with E-state index in [1.165, 1.54) is 7.11 Å². The van der Waals surface area contributed by atoms with Crippen molar-refractivity contribution in [2.45, 2.75) is 0 Å². The average Bonchev–Trinajstić information content (AvgIpc) is 2.85. The van der Waals surface area contributed by atoms with E-state index in [4.69, 9.17) is 14.6 Å². The van der Waals surface area contributed by atoms with Gasteiger partial charge in [0.15, 0.2) is 5.17 Å². The molecule has 1 heterocycles. The molecule has 1 aliphatic rings. The first-order valence-electron chi connectivity index (χ1n) is 6.22. The fourth-order valence-corrected chi connectivity index (χ4v) is 2.53. The summed E-state index contributed by atoms with van der Waals surface area (Å²) in [4.78, 5) is 26.5. The summed E-state index contributed by atoms with van der Waals surface area (Å²) in [5.41, 5.74) is 0.709. The molecule has 1 aromatic carbocycles. The van der Waals surface area contributed by atoms with E-state index in [0.29, 0.717) is 22.0 Å². The molecule has 0 unspecified atom stereocenters. The zero-order chi connectivity index (χ0) is 16.1. The van der Waals surface area contributed by atoms with Crippen molar-refractivity contribution in [3.05, 3.63) is 28.7 Å². The molecule has 7 nitrogen and oxygen atoms in total. The minimum atomic E-state index is -1.06. The third-order valence-corrected chi connectivity index (χ3v) is 3.68. The highest BCUT2D eigenvalue weighted by Crippen LogP contribution is 2.31. The summed E-state index contributed by atoms with van der Waals surface area (Å²) in [6, 6.07) is 5.24. The van der Waals surface area contributed by atoms with Gasteiger partial charge in [-0.05, 0) is 30.0 Å². The Bertz CT molecular complexity index is 669. The number of nitrogens with one attached hydrogen (secondary N) is 1. The SMILES string of the molecule is COc1ccc(/C=C2\SC(=NCC(=O)O)NC2=O)c(OC)c1. The second-order valence-corrected chi connectivity index (χ2v) is 5.22. The number of nitrogens with zero attached hydrogens (tertiary/aromatic N) is 1. The lowest BCUT2D eigenvalue weighted by Crippen LogP contribution is -2.20. The number of aliphatic imine (C=N–C) groups is 1. The molecule has 1 amide bonds. The van der Waals surface area contributed by atoms with Crippen LogP contribution in [0.15, 0.2) is 28.1 Å². The molecule has 2 rings (SSSR count). The lowest BCUT2D eigenvalue weighted by molar-refractivity contribution is -0.135. The number of carboxylic acids is 1. The Morgan fingerprint density at radius 1 is 1.41 bits per heavy atom. The van der Waals surface area contributed by atoms with Crippen LogP contribution in [0.3, 0.4) is 0 Å². The van der Waals surface area contributed by atoms with Gasteiger partial charge in [0, 0.05) is 11.6 Å². The minimum absolute atomic E-state index is 0.270. The number of rotatable bonds is 5. The number of carbonyl (C=O) groups excluding carboxylic acids is 1. The quantitative estimate of drug-likeness (QED) is 0.794. The second kappa shape index (κ2) is 6.99. The van der Waals surface area contributed by atoms with Gasteiger partial charge in [-0.1, -0.05) is 0 Å². The van der Waals surface area contributed by atoms with Gasteiger partial charge in [0.2, 0.25) is 0 Å². The van der Waals surface area contributed by atoms with E-state index in [-0.39, 0.29) is 17.6 Å². The van der Waals surface area contributed by atoms with Gasteiger partial charge >= 0.3 is 5.97 Å². The van der Waals surface area contributed by atoms with Gasteiger partial charge in [0.25, 0.3) is 5.91 Å². The highest BCUT2D eigenvalue weighted by atomic mass is 32.2. The summed E-state index contributed by atoms with van der Waals surface area (Å²) in [5.74, 6) is -0.175. The van der Waals surface area contributed by atoms with Crippen LogP contribution in [0.25, 0.3) is 6.08 Å². The van der Waals surface area contributed by atoms with Gasteiger partial charge in [-0.3, -0.25) is 14.6 Å². The summed E-state index contributed by atoms with van der Waals surface area (Å²) >= 11 is 1.09. The van der Waals surface area contributed by atoms with E-state index < -0.39 is 5.97 Å². The number of benzene rings is 1. The van der Waals surface area contributed by atoms with Crippen molar-refractivity contribution >= 4 is 34.9 Å². The van der Waals surface area contributed by atoms with Gasteiger partial charge in [-0.2, -0.15) is 0 Å². The maximum Gasteiger partial charge on any atom is 0.325 e. The van der Waals surface area contributed by atoms with E-state index in [2.05, 4.69) is 10.3 Å². The van der Waals surface area contributed by atoms with Crippen molar-refractivity contribution in [3.63, 3.8) is 0 Å². The lowest BCUT2D eigenvalue weighted by Gasteiger charge is -2.07. The van der Waals surface area contributed by atoms with Crippen molar-refractivity contribution in [3.8, 4) is 11.5 Å². The summed E-state index contributed by atoms with van der Waals surface area (Å²) in [5, 5.41) is 11.4. The van der Waals surface area contributed by atoms with E-state index in [1.807, 2.05) is 0 Å². The zero-order valence-corrected chi connectivity index (χ0v) is 12.8. The summed E-state index contributed by atoms with van der Waals surface area (Å²) in [6.45, 7) is -0.387. The average molecular weight is 322 g/mol. The van der Waals surface area contributed by atoms with Crippen molar-refractivity contribution in [2.24, 2.45) is 4.99 Å². The molecule has 1 aliphatic heterocycles. The maximum atomic E-state index is 11.9. The molecule has 1 fully saturated rings. The Hall–Kier alpha value is -2.48. The number of hydrogen-bond acceptors (Lipinski definition) is 6. The molecule has 0 atom stereocenters. The van der Waals surface area contributed by atoms with E-state index >= 15 is 0 Å². The van der Waals surface area contributed by atoms with Gasteiger partial charge in [-0.25, -0.2) is 0 Å². The first kappa shape index (κ1) is 15.9. The minimum Gasteiger partial charge on any atom is -0.497 e. The molecule has 0 saturated carbocycles. The van der Waals surface area contributed by atoms with E-state index in [9.17, 15) is 9.59 Å². The van der Waals surface area contributed by atoms with Gasteiger partial charge in [-0.15, -0.1) is 0 Å². The second-order valence-electron chi connectivity index (χ2n) is 4.19. The van der Waals surface area contributed by atoms with Crippen LogP contribution in [-0.2, 0) is 9.59 Å². The Balaban J connectivity index is 2.24. The smallest absolute Gasteiger partial charge is 0.325 e. The Morgan fingerprint density at radius 3 is 2.82 bits per heavy atom. The molecule has 2 N–H and O–H groups in total. The molecule has 116 valence electrons. The summed E-state index contributed by atoms with van der Waals surface area (Å²) in [6.07, 6.45) is 1.65. The molecule has 0 spiro atoms. The van der Waals surface area contributed by atoms with Crippen LogP contribution in [0.4, 0.5) is 0 Å². The fourth-order valence-electron chi connectivity index (χ4n) is 1.72. The van der Waals surface area contributed by atoms with Crippen LogP contribution < -0.4 is 14.8 Å². The van der Waals surface area contributed by atoms with Crippen LogP contribution in [-0.4, -0.2) is 42.9 Å². The molecule has 8 heteroatoms. The van der Waals surface area contributed by atoms with E-state index in [1.54, 1.807) is 31.4 Å². The first-order valence-corrected chi connectivity index (χ1v) is 7.04. The number of ether oxygens (including phenoxy) is 2. The number of thioether (sulfide) groups is 1. The molecule has 0 aliphatic carbocycles. The van der Waals surface area contributed by atoms with Gasteiger partial charge in [0.1, 0.15) is 18.0 Å². The van der Waals surface area contributed by atoms with Crippen LogP contribution in [0.2, 0.25) is 0 Å². The van der Waals surface area contributed by atoms with Crippen LogP contribution in [0.5, 0.6) is 11.5 Å². The molecule has 22 heavy (non-hydrogen) atoms. The fraction of sp³-hybridized carbons (Fsp3) is 0.214.